The molecular weight excluding hydrogens is 313 g/mol. The molecule has 17 heavy (non-hydrogen) atoms. The van der Waals surface area contributed by atoms with Crippen molar-refractivity contribution in [3.63, 3.8) is 0 Å². The fraction of sp³-hybridized carbons (Fsp3) is 0.182. The van der Waals surface area contributed by atoms with E-state index in [9.17, 15) is 4.79 Å². The molecule has 0 bridgehead atoms. The van der Waals surface area contributed by atoms with Gasteiger partial charge in [0.25, 0.3) is 0 Å². The van der Waals surface area contributed by atoms with Crippen LogP contribution in [0.2, 0.25) is 0 Å². The van der Waals surface area contributed by atoms with Gasteiger partial charge >= 0.3 is 6.09 Å². The molecule has 89 valence electrons. The summed E-state index contributed by atoms with van der Waals surface area (Å²) in [7, 11) is 0. The third-order valence-electron chi connectivity index (χ3n) is 1.65. The van der Waals surface area contributed by atoms with Gasteiger partial charge in [0.2, 0.25) is 0 Å². The van der Waals surface area contributed by atoms with Gasteiger partial charge in [-0.25, -0.2) is 4.79 Å². The van der Waals surface area contributed by atoms with Crippen molar-refractivity contribution in [3.8, 4) is 6.07 Å². The second-order valence-electron chi connectivity index (χ2n) is 2.64. The first-order valence-electron chi connectivity index (χ1n) is 4.33. The zero-order chi connectivity index (χ0) is 11.3. The minimum Gasteiger partial charge on any atom is -0.778 e. The standard InChI is InChI=1S/C10H10N2O2S.CH3.Y/c1-2-14-10(13)12-9-7(6-11)4-3-5-8(9)15;;/h3-5,15H,2H2,1H3,(H,12,13);1H3;/q;-1;/p-1. The number of anilines is 1. The number of carbonyl (C=O) groups excluding carboxylic acids is 1. The molecular formula is C11H12N2O2SY-2. The van der Waals surface area contributed by atoms with Crippen molar-refractivity contribution in [2.75, 3.05) is 11.9 Å². The second-order valence-corrected chi connectivity index (χ2v) is 3.08. The number of nitrogens with zero attached hydrogens (tertiary/aromatic N) is 1. The van der Waals surface area contributed by atoms with Crippen LogP contribution in [0.1, 0.15) is 12.5 Å². The molecule has 0 aliphatic rings. The molecule has 1 amide bonds. The monoisotopic (exact) mass is 325 g/mol. The van der Waals surface area contributed by atoms with E-state index in [-0.39, 0.29) is 46.7 Å². The Morgan fingerprint density at radius 2 is 2.24 bits per heavy atom. The second kappa shape index (κ2) is 9.35. The van der Waals surface area contributed by atoms with E-state index in [1.165, 1.54) is 0 Å². The first-order valence-corrected chi connectivity index (χ1v) is 4.73. The van der Waals surface area contributed by atoms with Crippen molar-refractivity contribution in [2.45, 2.75) is 11.8 Å². The number of nitriles is 1. The van der Waals surface area contributed by atoms with E-state index in [2.05, 4.69) is 5.32 Å². The van der Waals surface area contributed by atoms with Crippen molar-refractivity contribution in [3.05, 3.63) is 31.2 Å². The summed E-state index contributed by atoms with van der Waals surface area (Å²) in [6.45, 7) is 1.97. The van der Waals surface area contributed by atoms with E-state index in [4.69, 9.17) is 22.6 Å². The SMILES string of the molecule is CCOC(=O)Nc1c([S-])cccc1C#N.[CH3-].[Y]. The molecule has 1 aromatic carbocycles. The molecule has 1 N–H and O–H groups in total. The average Bonchev–Trinajstić information content (AvgIpc) is 2.21. The summed E-state index contributed by atoms with van der Waals surface area (Å²) >= 11 is 4.99. The number of rotatable bonds is 2. The first kappa shape index (κ1) is 18.7. The molecule has 6 heteroatoms. The quantitative estimate of drug-likeness (QED) is 0.670. The summed E-state index contributed by atoms with van der Waals surface area (Å²) in [6.07, 6.45) is -0.605. The molecule has 0 atom stereocenters. The van der Waals surface area contributed by atoms with Crippen LogP contribution in [0.5, 0.6) is 0 Å². The van der Waals surface area contributed by atoms with E-state index in [1.807, 2.05) is 6.07 Å². The zero-order valence-electron chi connectivity index (χ0n) is 9.69. The van der Waals surface area contributed by atoms with Crippen LogP contribution in [0.15, 0.2) is 23.1 Å². The number of nitrogens with one attached hydrogen (secondary N) is 1. The maximum atomic E-state index is 11.1. The van der Waals surface area contributed by atoms with Crippen molar-refractivity contribution in [1.29, 1.82) is 5.26 Å². The zero-order valence-corrected chi connectivity index (χ0v) is 13.3. The summed E-state index contributed by atoms with van der Waals surface area (Å²) in [5.41, 5.74) is 0.656. The van der Waals surface area contributed by atoms with Crippen molar-refractivity contribution in [2.24, 2.45) is 0 Å². The Balaban J connectivity index is 0. The van der Waals surface area contributed by atoms with Crippen molar-refractivity contribution in [1.82, 2.24) is 0 Å². The molecule has 0 fully saturated rings. The number of ether oxygens (including phenoxy) is 1. The van der Waals surface area contributed by atoms with E-state index >= 15 is 0 Å². The molecule has 0 aromatic heterocycles. The van der Waals surface area contributed by atoms with Gasteiger partial charge in [0, 0.05) is 38.4 Å². The largest absolute Gasteiger partial charge is 0.778 e. The number of hydrogen-bond donors (Lipinski definition) is 1. The van der Waals surface area contributed by atoms with Crippen molar-refractivity contribution >= 4 is 24.4 Å². The Kier molecular flexibility index (Phi) is 10.3. The summed E-state index contributed by atoms with van der Waals surface area (Å²) in [6, 6.07) is 6.83. The van der Waals surface area contributed by atoms with Crippen LogP contribution in [0.25, 0.3) is 0 Å². The topological polar surface area (TPSA) is 62.1 Å². The van der Waals surface area contributed by atoms with Gasteiger partial charge in [0.1, 0.15) is 6.07 Å². The summed E-state index contributed by atoms with van der Waals surface area (Å²) in [4.78, 5) is 11.6. The van der Waals surface area contributed by atoms with Gasteiger partial charge in [-0.15, -0.1) is 0 Å². The fourth-order valence-electron chi connectivity index (χ4n) is 1.02. The molecule has 0 aliphatic carbocycles. The fourth-order valence-corrected chi connectivity index (χ4v) is 1.26. The minimum absolute atomic E-state index is 0. The predicted octanol–water partition coefficient (Wildman–Crippen LogP) is 2.48. The molecule has 1 rings (SSSR count). The molecule has 0 spiro atoms. The van der Waals surface area contributed by atoms with Crippen molar-refractivity contribution < 1.29 is 42.2 Å². The predicted molar refractivity (Wildman–Crippen MR) is 63.8 cm³/mol. The van der Waals surface area contributed by atoms with E-state index < -0.39 is 6.09 Å². The molecule has 0 saturated heterocycles. The Bertz CT molecular complexity index is 418. The molecule has 4 nitrogen and oxygen atoms in total. The Morgan fingerprint density at radius 1 is 1.59 bits per heavy atom. The van der Waals surface area contributed by atoms with Crippen LogP contribution >= 0.6 is 0 Å². The molecule has 0 unspecified atom stereocenters. The van der Waals surface area contributed by atoms with Crippen LogP contribution < -0.4 is 5.32 Å². The molecule has 1 radical (unpaired) electrons. The molecule has 1 aromatic rings. The van der Waals surface area contributed by atoms with Gasteiger partial charge in [-0.2, -0.15) is 10.2 Å². The molecule has 0 aliphatic heterocycles. The summed E-state index contributed by atoms with van der Waals surface area (Å²) < 4.78 is 4.69. The van der Waals surface area contributed by atoms with Crippen LogP contribution in [0.3, 0.4) is 0 Å². The Hall–Kier alpha value is -0.696. The maximum Gasteiger partial charge on any atom is 0.411 e. The minimum atomic E-state index is -0.605. The van der Waals surface area contributed by atoms with Crippen LogP contribution in [-0.2, 0) is 50.1 Å². The van der Waals surface area contributed by atoms with Gasteiger partial charge in [-0.1, -0.05) is 12.1 Å². The maximum absolute atomic E-state index is 11.1. The van der Waals surface area contributed by atoms with Crippen LogP contribution in [-0.4, -0.2) is 12.7 Å². The Morgan fingerprint density at radius 3 is 2.76 bits per heavy atom. The summed E-state index contributed by atoms with van der Waals surface area (Å²) in [5, 5.41) is 11.2. The van der Waals surface area contributed by atoms with E-state index in [0.717, 1.165) is 0 Å². The number of benzene rings is 1. The average molecular weight is 325 g/mol. The van der Waals surface area contributed by atoms with Crippen LogP contribution in [0.4, 0.5) is 10.5 Å². The van der Waals surface area contributed by atoms with Gasteiger partial charge in [-0.05, 0) is 13.0 Å². The summed E-state index contributed by atoms with van der Waals surface area (Å²) in [5.74, 6) is 0. The van der Waals surface area contributed by atoms with E-state index in [0.29, 0.717) is 16.1 Å². The number of hydrogen-bond acceptors (Lipinski definition) is 4. The van der Waals surface area contributed by atoms with E-state index in [1.54, 1.807) is 25.1 Å². The molecule has 0 heterocycles. The van der Waals surface area contributed by atoms with Crippen LogP contribution in [0, 0.1) is 18.8 Å². The first-order chi connectivity index (χ1) is 7.19. The normalized spacial score (nSPS) is 8.00. The number of amides is 1. The third-order valence-corrected chi connectivity index (χ3v) is 1.99. The van der Waals surface area contributed by atoms with Gasteiger partial charge in [0.05, 0.1) is 12.2 Å². The van der Waals surface area contributed by atoms with Gasteiger partial charge in [-0.3, -0.25) is 5.32 Å². The number of para-hydroxylation sites is 1. The smallest absolute Gasteiger partial charge is 0.411 e. The van der Waals surface area contributed by atoms with Gasteiger partial charge in [0.15, 0.2) is 0 Å². The molecule has 0 saturated carbocycles. The Labute approximate surface area is 132 Å². The third kappa shape index (κ3) is 5.45. The number of carbonyl (C=O) groups is 1. The van der Waals surface area contributed by atoms with Gasteiger partial charge < -0.3 is 24.8 Å².